The van der Waals surface area contributed by atoms with Crippen LogP contribution in [0.15, 0.2) is 5.16 Å². The van der Waals surface area contributed by atoms with Gasteiger partial charge in [-0.15, -0.1) is 10.2 Å². The molecule has 5 aliphatic rings. The van der Waals surface area contributed by atoms with Crippen molar-refractivity contribution in [1.29, 1.82) is 0 Å². The van der Waals surface area contributed by atoms with Crippen molar-refractivity contribution in [3.05, 3.63) is 5.82 Å². The number of hydrogen-bond donors (Lipinski definition) is 1. The first-order valence-electron chi connectivity index (χ1n) is 12.6. The van der Waals surface area contributed by atoms with E-state index >= 15 is 0 Å². The highest BCUT2D eigenvalue weighted by Gasteiger charge is 2.54. The topological polar surface area (TPSA) is 86.1 Å². The zero-order valence-electron chi connectivity index (χ0n) is 19.2. The summed E-state index contributed by atoms with van der Waals surface area (Å²) in [6, 6.07) is 0.342. The molecule has 0 saturated heterocycles. The lowest BCUT2D eigenvalue weighted by atomic mass is 9.49. The molecule has 1 amide bonds. The van der Waals surface area contributed by atoms with Crippen LogP contribution in [0.2, 0.25) is 0 Å². The average molecular weight is 461 g/mol. The molecule has 32 heavy (non-hydrogen) atoms. The van der Waals surface area contributed by atoms with Gasteiger partial charge in [0.1, 0.15) is 0 Å². The van der Waals surface area contributed by atoms with Crippen LogP contribution in [0, 0.1) is 23.2 Å². The molecule has 0 atom stereocenters. The molecular weight excluding hydrogens is 424 g/mol. The van der Waals surface area contributed by atoms with Crippen LogP contribution in [0.4, 0.5) is 0 Å². The van der Waals surface area contributed by atoms with Gasteiger partial charge in [0.2, 0.25) is 5.91 Å². The van der Waals surface area contributed by atoms with Gasteiger partial charge in [-0.2, -0.15) is 0 Å². The SMILES string of the molecule is CCOC(=O)CSc1nnc(CNC(=O)C23CC4CC(CC(C4)C2)C3)n1C1CCCCC1. The van der Waals surface area contributed by atoms with Crippen molar-refractivity contribution < 1.29 is 14.3 Å². The van der Waals surface area contributed by atoms with Gasteiger partial charge in [0.15, 0.2) is 11.0 Å². The fraction of sp³-hybridized carbons (Fsp3) is 0.833. The number of nitrogens with one attached hydrogen (secondary N) is 1. The van der Waals surface area contributed by atoms with Crippen molar-refractivity contribution in [2.45, 2.75) is 95.3 Å². The van der Waals surface area contributed by atoms with Crippen molar-refractivity contribution in [2.24, 2.45) is 23.2 Å². The van der Waals surface area contributed by atoms with Crippen LogP contribution in [0.5, 0.6) is 0 Å². The van der Waals surface area contributed by atoms with Crippen molar-refractivity contribution in [3.63, 3.8) is 0 Å². The second-order valence-corrected chi connectivity index (χ2v) is 11.5. The predicted molar refractivity (Wildman–Crippen MR) is 122 cm³/mol. The van der Waals surface area contributed by atoms with Crippen LogP contribution in [0.1, 0.15) is 89.4 Å². The highest BCUT2D eigenvalue weighted by molar-refractivity contribution is 7.99. The van der Waals surface area contributed by atoms with Gasteiger partial charge < -0.3 is 14.6 Å². The molecule has 1 aromatic heterocycles. The maximum atomic E-state index is 13.4. The number of rotatable bonds is 8. The first kappa shape index (κ1) is 22.2. The summed E-state index contributed by atoms with van der Waals surface area (Å²) in [5, 5.41) is 12.9. The minimum absolute atomic E-state index is 0.147. The van der Waals surface area contributed by atoms with Crippen LogP contribution in [-0.4, -0.2) is 39.0 Å². The third kappa shape index (κ3) is 4.44. The number of hydrogen-bond acceptors (Lipinski definition) is 6. The lowest BCUT2D eigenvalue weighted by molar-refractivity contribution is -0.146. The predicted octanol–water partition coefficient (Wildman–Crippen LogP) is 4.27. The Morgan fingerprint density at radius 3 is 2.34 bits per heavy atom. The van der Waals surface area contributed by atoms with Gasteiger partial charge in [-0.05, 0) is 76.0 Å². The van der Waals surface area contributed by atoms with E-state index in [2.05, 4.69) is 20.1 Å². The quantitative estimate of drug-likeness (QED) is 0.461. The Morgan fingerprint density at radius 1 is 1.06 bits per heavy atom. The van der Waals surface area contributed by atoms with Gasteiger partial charge in [0.05, 0.1) is 18.9 Å². The number of esters is 1. The fourth-order valence-electron chi connectivity index (χ4n) is 7.29. The molecule has 8 heteroatoms. The van der Waals surface area contributed by atoms with Crippen molar-refractivity contribution in [1.82, 2.24) is 20.1 Å². The number of carbonyl (C=O) groups excluding carboxylic acids is 2. The zero-order chi connectivity index (χ0) is 22.1. The van der Waals surface area contributed by atoms with Crippen LogP contribution in [-0.2, 0) is 20.9 Å². The van der Waals surface area contributed by atoms with E-state index in [1.807, 2.05) is 6.92 Å². The maximum absolute atomic E-state index is 13.4. The highest BCUT2D eigenvalue weighted by atomic mass is 32.2. The Labute approximate surface area is 194 Å². The van der Waals surface area contributed by atoms with E-state index in [9.17, 15) is 9.59 Å². The van der Waals surface area contributed by atoms with Gasteiger partial charge in [0.25, 0.3) is 0 Å². The molecule has 5 fully saturated rings. The third-order valence-electron chi connectivity index (χ3n) is 8.23. The lowest BCUT2D eigenvalue weighted by Gasteiger charge is -2.55. The summed E-state index contributed by atoms with van der Waals surface area (Å²) in [5.41, 5.74) is -0.147. The van der Waals surface area contributed by atoms with Gasteiger partial charge in [-0.25, -0.2) is 0 Å². The smallest absolute Gasteiger partial charge is 0.316 e. The van der Waals surface area contributed by atoms with E-state index in [0.717, 1.165) is 60.8 Å². The maximum Gasteiger partial charge on any atom is 0.316 e. The van der Waals surface area contributed by atoms with Crippen LogP contribution in [0.3, 0.4) is 0 Å². The molecule has 1 heterocycles. The number of amides is 1. The zero-order valence-corrected chi connectivity index (χ0v) is 20.0. The average Bonchev–Trinajstić information content (AvgIpc) is 3.18. The Morgan fingerprint density at radius 2 is 1.72 bits per heavy atom. The summed E-state index contributed by atoms with van der Waals surface area (Å²) in [4.78, 5) is 25.3. The number of carbonyl (C=O) groups is 2. The minimum Gasteiger partial charge on any atom is -0.465 e. The van der Waals surface area contributed by atoms with Crippen molar-refractivity contribution in [2.75, 3.05) is 12.4 Å². The summed E-state index contributed by atoms with van der Waals surface area (Å²) < 4.78 is 7.27. The Kier molecular flexibility index (Phi) is 6.50. The van der Waals surface area contributed by atoms with Gasteiger partial charge in [0, 0.05) is 11.5 Å². The molecule has 0 aliphatic heterocycles. The highest BCUT2D eigenvalue weighted by Crippen LogP contribution is 2.60. The minimum atomic E-state index is -0.229. The second kappa shape index (κ2) is 9.35. The molecule has 0 spiro atoms. The Balaban J connectivity index is 1.28. The van der Waals surface area contributed by atoms with Crippen LogP contribution in [0.25, 0.3) is 0 Å². The largest absolute Gasteiger partial charge is 0.465 e. The van der Waals surface area contributed by atoms with Crippen molar-refractivity contribution >= 4 is 23.6 Å². The summed E-state index contributed by atoms with van der Waals surface area (Å²) in [6.45, 7) is 2.62. The monoisotopic (exact) mass is 460 g/mol. The molecule has 0 aromatic carbocycles. The fourth-order valence-corrected chi connectivity index (χ4v) is 8.12. The van der Waals surface area contributed by atoms with Crippen LogP contribution >= 0.6 is 11.8 Å². The van der Waals surface area contributed by atoms with E-state index in [4.69, 9.17) is 4.74 Å². The Hall–Kier alpha value is -1.57. The van der Waals surface area contributed by atoms with E-state index in [1.54, 1.807) is 0 Å². The molecule has 1 N–H and O–H groups in total. The van der Waals surface area contributed by atoms with Crippen molar-refractivity contribution in [3.8, 4) is 0 Å². The first-order chi connectivity index (χ1) is 15.6. The number of nitrogens with zero attached hydrogens (tertiary/aromatic N) is 3. The van der Waals surface area contributed by atoms with Gasteiger partial charge >= 0.3 is 5.97 Å². The van der Waals surface area contributed by atoms with E-state index in [-0.39, 0.29) is 23.0 Å². The molecule has 1 aromatic rings. The standard InChI is InChI=1S/C24H36N4O3S/c1-2-31-21(29)15-32-23-27-26-20(28(23)19-6-4-3-5-7-19)14-25-22(30)24-11-16-8-17(12-24)10-18(9-16)13-24/h16-19H,2-15H2,1H3,(H,25,30). The normalized spacial score (nSPS) is 31.6. The summed E-state index contributed by atoms with van der Waals surface area (Å²) >= 11 is 1.39. The van der Waals surface area contributed by atoms with E-state index in [1.165, 1.54) is 50.3 Å². The summed E-state index contributed by atoms with van der Waals surface area (Å²) in [7, 11) is 0. The molecule has 5 aliphatic carbocycles. The molecule has 5 saturated carbocycles. The second-order valence-electron chi connectivity index (χ2n) is 10.5. The van der Waals surface area contributed by atoms with Gasteiger partial charge in [-0.3, -0.25) is 9.59 Å². The van der Waals surface area contributed by atoms with Gasteiger partial charge in [-0.1, -0.05) is 31.0 Å². The van der Waals surface area contributed by atoms with Crippen LogP contribution < -0.4 is 5.32 Å². The molecule has 0 unspecified atom stereocenters. The van der Waals surface area contributed by atoms with E-state index in [0.29, 0.717) is 19.2 Å². The molecule has 7 nitrogen and oxygen atoms in total. The summed E-state index contributed by atoms with van der Waals surface area (Å²) in [5.74, 6) is 3.32. The first-order valence-corrected chi connectivity index (χ1v) is 13.6. The Bertz CT molecular complexity index is 813. The molecule has 0 radical (unpaired) electrons. The number of ether oxygens (including phenoxy) is 1. The molecule has 6 rings (SSSR count). The lowest BCUT2D eigenvalue weighted by Crippen LogP contribution is -2.53. The van der Waals surface area contributed by atoms with E-state index < -0.39 is 0 Å². The molecule has 4 bridgehead atoms. The summed E-state index contributed by atoms with van der Waals surface area (Å²) in [6.07, 6.45) is 13.1. The third-order valence-corrected chi connectivity index (χ3v) is 9.14. The number of thioether (sulfide) groups is 1. The molecular formula is C24H36N4O3S. The number of aromatic nitrogens is 3. The molecule has 176 valence electrons.